The first kappa shape index (κ1) is 16.5. The molecule has 1 aliphatic rings. The molecule has 3 aromatic rings. The maximum Gasteiger partial charge on any atom is 0.0891 e. The zero-order valence-corrected chi connectivity index (χ0v) is 15.1. The first-order valence-corrected chi connectivity index (χ1v) is 8.93. The van der Waals surface area contributed by atoms with Gasteiger partial charge in [-0.15, -0.1) is 0 Å². The third-order valence-electron chi connectivity index (χ3n) is 4.96. The zero-order valence-electron chi connectivity index (χ0n) is 15.1. The molecule has 0 spiro atoms. The summed E-state index contributed by atoms with van der Waals surface area (Å²) in [4.78, 5) is 5.06. The predicted octanol–water partition coefficient (Wildman–Crippen LogP) is 5.57. The Bertz CT molecular complexity index is 960. The lowest BCUT2D eigenvalue weighted by Gasteiger charge is -2.31. The van der Waals surface area contributed by atoms with E-state index in [1.807, 2.05) is 36.4 Å². The van der Waals surface area contributed by atoms with Crippen molar-refractivity contribution < 1.29 is 5.21 Å². The Hall–Kier alpha value is -2.94. The van der Waals surface area contributed by atoms with Crippen LogP contribution in [0.25, 0.3) is 22.4 Å². The van der Waals surface area contributed by atoms with Gasteiger partial charge in [0.2, 0.25) is 0 Å². The van der Waals surface area contributed by atoms with E-state index in [-0.39, 0.29) is 5.41 Å². The number of benzene rings is 2. The van der Waals surface area contributed by atoms with E-state index in [1.54, 1.807) is 0 Å². The SMILES string of the molecule is CC1(C)C/C(=N\O)c2cc(-c3ccccc3)c(-c3ccccc3)nc2C1. The van der Waals surface area contributed by atoms with Crippen molar-refractivity contribution in [1.29, 1.82) is 0 Å². The van der Waals surface area contributed by atoms with Crippen molar-refractivity contribution >= 4 is 5.71 Å². The Morgan fingerprint density at radius 3 is 2.08 bits per heavy atom. The molecule has 3 nitrogen and oxygen atoms in total. The van der Waals surface area contributed by atoms with Crippen LogP contribution in [-0.2, 0) is 6.42 Å². The van der Waals surface area contributed by atoms with Gasteiger partial charge in [0.15, 0.2) is 0 Å². The molecule has 1 heterocycles. The molecule has 3 heteroatoms. The minimum absolute atomic E-state index is 0.0315. The van der Waals surface area contributed by atoms with Crippen molar-refractivity contribution in [3.8, 4) is 22.4 Å². The summed E-state index contributed by atoms with van der Waals surface area (Å²) < 4.78 is 0. The summed E-state index contributed by atoms with van der Waals surface area (Å²) >= 11 is 0. The molecular weight excluding hydrogens is 320 g/mol. The first-order valence-electron chi connectivity index (χ1n) is 8.93. The van der Waals surface area contributed by atoms with Crippen molar-refractivity contribution in [2.45, 2.75) is 26.7 Å². The van der Waals surface area contributed by atoms with Gasteiger partial charge in [0.05, 0.1) is 17.1 Å². The molecule has 0 unspecified atom stereocenters. The second-order valence-corrected chi connectivity index (χ2v) is 7.68. The first-order chi connectivity index (χ1) is 12.6. The van der Waals surface area contributed by atoms with Crippen LogP contribution in [0.1, 0.15) is 31.5 Å². The fourth-order valence-corrected chi connectivity index (χ4v) is 3.74. The molecular formula is C23H22N2O. The minimum atomic E-state index is 0.0315. The fraction of sp³-hybridized carbons (Fsp3) is 0.217. The molecule has 0 radical (unpaired) electrons. The van der Waals surface area contributed by atoms with Crippen LogP contribution in [0.2, 0.25) is 0 Å². The fourth-order valence-electron chi connectivity index (χ4n) is 3.74. The molecule has 1 aromatic heterocycles. The molecule has 0 aliphatic heterocycles. The van der Waals surface area contributed by atoms with Gasteiger partial charge in [-0.1, -0.05) is 79.7 Å². The lowest BCUT2D eigenvalue weighted by molar-refractivity contribution is 0.306. The standard InChI is InChI=1S/C23H22N2O/c1-23(2)14-20-19(21(15-23)25-26)13-18(16-9-5-3-6-10-16)22(24-20)17-11-7-4-8-12-17/h3-13,26H,14-15H2,1-2H3/b25-21+. The third kappa shape index (κ3) is 3.01. The summed E-state index contributed by atoms with van der Waals surface area (Å²) in [5.74, 6) is 0. The number of fused-ring (bicyclic) bond motifs is 1. The van der Waals surface area contributed by atoms with Crippen molar-refractivity contribution in [3.05, 3.63) is 78.0 Å². The van der Waals surface area contributed by atoms with Gasteiger partial charge in [0, 0.05) is 16.7 Å². The van der Waals surface area contributed by atoms with Crippen molar-refractivity contribution in [2.24, 2.45) is 10.6 Å². The van der Waals surface area contributed by atoms with E-state index in [9.17, 15) is 5.21 Å². The topological polar surface area (TPSA) is 45.5 Å². The van der Waals surface area contributed by atoms with Gasteiger partial charge in [-0.3, -0.25) is 4.98 Å². The van der Waals surface area contributed by atoms with E-state index < -0.39 is 0 Å². The lowest BCUT2D eigenvalue weighted by Crippen LogP contribution is -2.28. The van der Waals surface area contributed by atoms with Crippen LogP contribution in [-0.4, -0.2) is 15.9 Å². The lowest BCUT2D eigenvalue weighted by atomic mass is 9.74. The van der Waals surface area contributed by atoms with E-state index in [2.05, 4.69) is 49.3 Å². The van der Waals surface area contributed by atoms with Crippen LogP contribution in [0, 0.1) is 5.41 Å². The van der Waals surface area contributed by atoms with E-state index in [4.69, 9.17) is 4.98 Å². The zero-order chi connectivity index (χ0) is 18.1. The molecule has 26 heavy (non-hydrogen) atoms. The van der Waals surface area contributed by atoms with E-state index in [0.29, 0.717) is 0 Å². The molecule has 0 bridgehead atoms. The normalized spacial score (nSPS) is 17.1. The highest BCUT2D eigenvalue weighted by molar-refractivity contribution is 6.04. The maximum atomic E-state index is 9.58. The highest BCUT2D eigenvalue weighted by atomic mass is 16.4. The number of pyridine rings is 1. The van der Waals surface area contributed by atoms with Gasteiger partial charge < -0.3 is 5.21 Å². The highest BCUT2D eigenvalue weighted by Gasteiger charge is 2.32. The van der Waals surface area contributed by atoms with Gasteiger partial charge >= 0.3 is 0 Å². The highest BCUT2D eigenvalue weighted by Crippen LogP contribution is 2.39. The van der Waals surface area contributed by atoms with Gasteiger partial charge in [-0.25, -0.2) is 0 Å². The summed E-state index contributed by atoms with van der Waals surface area (Å²) in [6, 6.07) is 22.7. The number of rotatable bonds is 2. The van der Waals surface area contributed by atoms with Crippen LogP contribution in [0.5, 0.6) is 0 Å². The summed E-state index contributed by atoms with van der Waals surface area (Å²) in [6.45, 7) is 4.38. The van der Waals surface area contributed by atoms with Gasteiger partial charge in [-0.2, -0.15) is 0 Å². The van der Waals surface area contributed by atoms with Crippen molar-refractivity contribution in [1.82, 2.24) is 4.98 Å². The van der Waals surface area contributed by atoms with Crippen LogP contribution in [0.3, 0.4) is 0 Å². The van der Waals surface area contributed by atoms with Crippen LogP contribution in [0.4, 0.5) is 0 Å². The number of nitrogens with zero attached hydrogens (tertiary/aromatic N) is 2. The summed E-state index contributed by atoms with van der Waals surface area (Å²) in [5.41, 5.74) is 6.98. The van der Waals surface area contributed by atoms with Gasteiger partial charge in [-0.05, 0) is 29.9 Å². The Kier molecular flexibility index (Phi) is 4.08. The maximum absolute atomic E-state index is 9.58. The average Bonchev–Trinajstić information content (AvgIpc) is 2.67. The number of hydrogen-bond donors (Lipinski definition) is 1. The molecule has 1 aliphatic carbocycles. The molecule has 0 saturated heterocycles. The van der Waals surface area contributed by atoms with Gasteiger partial charge in [0.25, 0.3) is 0 Å². The monoisotopic (exact) mass is 342 g/mol. The summed E-state index contributed by atoms with van der Waals surface area (Å²) in [7, 11) is 0. The van der Waals surface area contributed by atoms with E-state index in [0.717, 1.165) is 52.2 Å². The summed E-state index contributed by atoms with van der Waals surface area (Å²) in [5, 5.41) is 13.2. The summed E-state index contributed by atoms with van der Waals surface area (Å²) in [6.07, 6.45) is 1.62. The van der Waals surface area contributed by atoms with Crippen LogP contribution < -0.4 is 0 Å². The number of aromatic nitrogens is 1. The molecule has 2 aromatic carbocycles. The minimum Gasteiger partial charge on any atom is -0.411 e. The van der Waals surface area contributed by atoms with E-state index in [1.165, 1.54) is 0 Å². The molecule has 0 amide bonds. The smallest absolute Gasteiger partial charge is 0.0891 e. The Morgan fingerprint density at radius 2 is 1.46 bits per heavy atom. The molecule has 4 rings (SSSR count). The predicted molar refractivity (Wildman–Crippen MR) is 106 cm³/mol. The van der Waals surface area contributed by atoms with Gasteiger partial charge in [0.1, 0.15) is 0 Å². The number of oxime groups is 1. The molecule has 0 atom stereocenters. The quantitative estimate of drug-likeness (QED) is 0.489. The number of hydrogen-bond acceptors (Lipinski definition) is 3. The Labute approximate surface area is 154 Å². The second kappa shape index (κ2) is 6.41. The van der Waals surface area contributed by atoms with Crippen molar-refractivity contribution in [3.63, 3.8) is 0 Å². The molecule has 130 valence electrons. The van der Waals surface area contributed by atoms with Crippen LogP contribution in [0.15, 0.2) is 71.9 Å². The molecule has 0 fully saturated rings. The third-order valence-corrected chi connectivity index (χ3v) is 4.96. The largest absolute Gasteiger partial charge is 0.411 e. The molecule has 1 N–H and O–H groups in total. The average molecular weight is 342 g/mol. The second-order valence-electron chi connectivity index (χ2n) is 7.68. The van der Waals surface area contributed by atoms with Crippen molar-refractivity contribution in [2.75, 3.05) is 0 Å². The Balaban J connectivity index is 1.99. The van der Waals surface area contributed by atoms with E-state index >= 15 is 0 Å². The molecule has 0 saturated carbocycles. The van der Waals surface area contributed by atoms with Crippen LogP contribution >= 0.6 is 0 Å². The Morgan fingerprint density at radius 1 is 0.846 bits per heavy atom.